The van der Waals surface area contributed by atoms with Gasteiger partial charge in [0.15, 0.2) is 0 Å². The number of nitrogens with zero attached hydrogens (tertiary/aromatic N) is 3. The van der Waals surface area contributed by atoms with Crippen molar-refractivity contribution in [2.75, 3.05) is 6.26 Å². The maximum atomic E-state index is 9.13. The molecule has 0 radical (unpaired) electrons. The number of thiocyanates is 1. The second-order valence-electron chi connectivity index (χ2n) is 3.40. The summed E-state index contributed by atoms with van der Waals surface area (Å²) in [7, 11) is 0. The largest absolute Gasteiger partial charge is 0.293 e. The molecule has 0 bridgehead atoms. The molecular formula is C12H9N3S2. The molecule has 0 spiro atoms. The third kappa shape index (κ3) is 1.78. The highest BCUT2D eigenvalue weighted by Gasteiger charge is 2.16. The zero-order chi connectivity index (χ0) is 12.4. The van der Waals surface area contributed by atoms with Crippen LogP contribution in [0.25, 0.3) is 5.52 Å². The molecule has 2 aromatic rings. The lowest BCUT2D eigenvalue weighted by atomic mass is 10.3. The predicted molar refractivity (Wildman–Crippen MR) is 70.1 cm³/mol. The van der Waals surface area contributed by atoms with Gasteiger partial charge in [0.25, 0.3) is 0 Å². The SMILES string of the molecule is CSc1c(C)c(SC#N)n2c(C#N)cccc12. The third-order valence-corrected chi connectivity index (χ3v) is 4.25. The minimum Gasteiger partial charge on any atom is -0.293 e. The van der Waals surface area contributed by atoms with Crippen molar-refractivity contribution in [2.24, 2.45) is 0 Å². The molecule has 0 atom stereocenters. The molecule has 0 fully saturated rings. The Morgan fingerprint density at radius 1 is 1.29 bits per heavy atom. The van der Waals surface area contributed by atoms with E-state index < -0.39 is 0 Å². The molecule has 0 unspecified atom stereocenters. The second kappa shape index (κ2) is 4.75. The summed E-state index contributed by atoms with van der Waals surface area (Å²) in [5.74, 6) is 0. The number of hydrogen-bond donors (Lipinski definition) is 0. The van der Waals surface area contributed by atoms with Gasteiger partial charge in [0.2, 0.25) is 0 Å². The first-order valence-corrected chi connectivity index (χ1v) is 6.92. The Labute approximate surface area is 108 Å². The van der Waals surface area contributed by atoms with Crippen LogP contribution in [-0.4, -0.2) is 10.7 Å². The van der Waals surface area contributed by atoms with Crippen molar-refractivity contribution in [2.45, 2.75) is 16.8 Å². The van der Waals surface area contributed by atoms with Gasteiger partial charge in [-0.25, -0.2) is 0 Å². The highest BCUT2D eigenvalue weighted by molar-refractivity contribution is 8.03. The van der Waals surface area contributed by atoms with E-state index in [4.69, 9.17) is 10.5 Å². The molecule has 0 aliphatic rings. The molecule has 2 rings (SSSR count). The summed E-state index contributed by atoms with van der Waals surface area (Å²) in [4.78, 5) is 1.12. The maximum Gasteiger partial charge on any atom is 0.140 e. The van der Waals surface area contributed by atoms with Gasteiger partial charge in [-0.05, 0) is 30.9 Å². The predicted octanol–water partition coefficient (Wildman–Crippen LogP) is 3.41. The Morgan fingerprint density at radius 3 is 2.65 bits per heavy atom. The molecule has 0 aromatic carbocycles. The van der Waals surface area contributed by atoms with Gasteiger partial charge in [-0.15, -0.1) is 11.8 Å². The zero-order valence-corrected chi connectivity index (χ0v) is 11.0. The van der Waals surface area contributed by atoms with Gasteiger partial charge in [-0.3, -0.25) is 4.40 Å². The maximum absolute atomic E-state index is 9.13. The van der Waals surface area contributed by atoms with Gasteiger partial charge in [0.1, 0.15) is 17.2 Å². The number of pyridine rings is 1. The Hall–Kier alpha value is -1.56. The number of hydrogen-bond acceptors (Lipinski definition) is 4. The first-order chi connectivity index (χ1) is 8.24. The van der Waals surface area contributed by atoms with Gasteiger partial charge >= 0.3 is 0 Å². The van der Waals surface area contributed by atoms with E-state index in [-0.39, 0.29) is 0 Å². The standard InChI is InChI=1S/C12H9N3S2/c1-8-11(16-2)10-5-3-4-9(6-13)15(10)12(8)17-7-14/h3-5H,1-2H3. The van der Waals surface area contributed by atoms with E-state index in [1.807, 2.05) is 29.7 Å². The van der Waals surface area contributed by atoms with Crippen LogP contribution < -0.4 is 0 Å². The van der Waals surface area contributed by atoms with E-state index >= 15 is 0 Å². The lowest BCUT2D eigenvalue weighted by Gasteiger charge is -2.01. The molecule has 0 amide bonds. The molecular weight excluding hydrogens is 250 g/mol. The van der Waals surface area contributed by atoms with Crippen LogP contribution in [0.3, 0.4) is 0 Å². The molecule has 0 saturated heterocycles. The Morgan fingerprint density at radius 2 is 2.06 bits per heavy atom. The monoisotopic (exact) mass is 259 g/mol. The van der Waals surface area contributed by atoms with Gasteiger partial charge < -0.3 is 0 Å². The van der Waals surface area contributed by atoms with Crippen LogP contribution in [0.4, 0.5) is 0 Å². The lowest BCUT2D eigenvalue weighted by molar-refractivity contribution is 1.01. The molecule has 0 aliphatic carbocycles. The van der Waals surface area contributed by atoms with E-state index in [0.29, 0.717) is 5.69 Å². The van der Waals surface area contributed by atoms with Gasteiger partial charge in [0, 0.05) is 16.7 Å². The number of fused-ring (bicyclic) bond motifs is 1. The molecule has 17 heavy (non-hydrogen) atoms. The van der Waals surface area contributed by atoms with Crippen molar-refractivity contribution in [3.05, 3.63) is 29.5 Å². The molecule has 3 nitrogen and oxygen atoms in total. The molecule has 84 valence electrons. The minimum atomic E-state index is 0.559. The van der Waals surface area contributed by atoms with E-state index in [0.717, 1.165) is 32.8 Å². The normalized spacial score (nSPS) is 10.1. The van der Waals surface area contributed by atoms with E-state index in [9.17, 15) is 0 Å². The van der Waals surface area contributed by atoms with Crippen LogP contribution in [-0.2, 0) is 0 Å². The number of nitriles is 2. The van der Waals surface area contributed by atoms with Crippen molar-refractivity contribution in [3.8, 4) is 11.5 Å². The molecule has 0 N–H and O–H groups in total. The molecule has 0 aliphatic heterocycles. The number of rotatable bonds is 2. The zero-order valence-electron chi connectivity index (χ0n) is 9.39. The highest BCUT2D eigenvalue weighted by atomic mass is 32.2. The molecule has 2 aromatic heterocycles. The fourth-order valence-electron chi connectivity index (χ4n) is 1.87. The lowest BCUT2D eigenvalue weighted by Crippen LogP contribution is -1.92. The van der Waals surface area contributed by atoms with Crippen LogP contribution in [0.2, 0.25) is 0 Å². The minimum absolute atomic E-state index is 0.559. The third-order valence-electron chi connectivity index (χ3n) is 2.55. The molecule has 2 heterocycles. The average Bonchev–Trinajstić information content (AvgIpc) is 2.62. The van der Waals surface area contributed by atoms with Gasteiger partial charge in [-0.1, -0.05) is 6.07 Å². The van der Waals surface area contributed by atoms with Crippen LogP contribution in [0.15, 0.2) is 28.1 Å². The Balaban J connectivity index is 2.93. The fourth-order valence-corrected chi connectivity index (χ4v) is 3.34. The average molecular weight is 259 g/mol. The quantitative estimate of drug-likeness (QED) is 0.612. The van der Waals surface area contributed by atoms with Crippen molar-refractivity contribution in [3.63, 3.8) is 0 Å². The Bertz CT molecular complexity index is 659. The summed E-state index contributed by atoms with van der Waals surface area (Å²) in [5, 5.41) is 20.9. The topological polar surface area (TPSA) is 52.0 Å². The number of aromatic nitrogens is 1. The summed E-state index contributed by atoms with van der Waals surface area (Å²) in [6.45, 7) is 1.99. The summed E-state index contributed by atoms with van der Waals surface area (Å²) in [5.41, 5.74) is 2.61. The molecule has 0 saturated carbocycles. The van der Waals surface area contributed by atoms with Crippen molar-refractivity contribution in [1.82, 2.24) is 4.40 Å². The van der Waals surface area contributed by atoms with Crippen molar-refractivity contribution >= 4 is 29.0 Å². The smallest absolute Gasteiger partial charge is 0.140 e. The Kier molecular flexibility index (Phi) is 3.33. The summed E-state index contributed by atoms with van der Waals surface area (Å²) in [6, 6.07) is 7.77. The van der Waals surface area contributed by atoms with Gasteiger partial charge in [0.05, 0.1) is 10.5 Å². The van der Waals surface area contributed by atoms with E-state index in [2.05, 4.69) is 11.5 Å². The first kappa shape index (κ1) is 11.9. The number of thioether (sulfide) groups is 2. The molecule has 5 heteroatoms. The van der Waals surface area contributed by atoms with Gasteiger partial charge in [-0.2, -0.15) is 10.5 Å². The summed E-state index contributed by atoms with van der Waals surface area (Å²) < 4.78 is 1.86. The van der Waals surface area contributed by atoms with Crippen molar-refractivity contribution in [1.29, 1.82) is 10.5 Å². The van der Waals surface area contributed by atoms with E-state index in [1.165, 1.54) is 0 Å². The van der Waals surface area contributed by atoms with Crippen molar-refractivity contribution < 1.29 is 0 Å². The highest BCUT2D eigenvalue weighted by Crippen LogP contribution is 2.36. The first-order valence-electron chi connectivity index (χ1n) is 4.88. The van der Waals surface area contributed by atoms with E-state index in [1.54, 1.807) is 17.8 Å². The second-order valence-corrected chi connectivity index (χ2v) is 4.99. The van der Waals surface area contributed by atoms with Crippen LogP contribution in [0.1, 0.15) is 11.3 Å². The summed E-state index contributed by atoms with van der Waals surface area (Å²) in [6.07, 6.45) is 2.00. The van der Waals surface area contributed by atoms with Crippen LogP contribution in [0.5, 0.6) is 0 Å². The van der Waals surface area contributed by atoms with Crippen LogP contribution >= 0.6 is 23.5 Å². The van der Waals surface area contributed by atoms with Crippen LogP contribution in [0, 0.1) is 28.9 Å². The fraction of sp³-hybridized carbons (Fsp3) is 0.167. The summed E-state index contributed by atoms with van der Waals surface area (Å²) >= 11 is 2.74.